The van der Waals surface area contributed by atoms with Crippen LogP contribution in [-0.4, -0.2) is 44.1 Å². The van der Waals surface area contributed by atoms with Crippen LogP contribution in [0.5, 0.6) is 5.75 Å². The third kappa shape index (κ3) is 7.11. The van der Waals surface area contributed by atoms with Crippen molar-refractivity contribution in [2.45, 2.75) is 26.4 Å². The second-order valence-corrected chi connectivity index (χ2v) is 5.89. The zero-order valence-corrected chi connectivity index (χ0v) is 13.4. The lowest BCUT2D eigenvalue weighted by molar-refractivity contribution is -0.119. The Labute approximate surface area is 127 Å². The van der Waals surface area contributed by atoms with Crippen molar-refractivity contribution >= 4 is 5.91 Å². The van der Waals surface area contributed by atoms with E-state index in [1.807, 2.05) is 24.3 Å². The van der Waals surface area contributed by atoms with Crippen LogP contribution < -0.4 is 15.8 Å². The van der Waals surface area contributed by atoms with Crippen LogP contribution >= 0.6 is 0 Å². The first-order valence-corrected chi connectivity index (χ1v) is 7.26. The number of nitrogens with two attached hydrogens (primary N) is 1. The average Bonchev–Trinajstić information content (AvgIpc) is 2.41. The summed E-state index contributed by atoms with van der Waals surface area (Å²) in [5.41, 5.74) is 6.23. The standard InChI is InChI=1S/C16H27N3O2/c1-12(2)15(10-19(3)4)18-9-13-5-7-14(8-6-13)21-11-16(17)20/h5-8,12,15,18H,9-11H2,1-4H3,(H2,17,20). The van der Waals surface area contributed by atoms with Crippen molar-refractivity contribution in [3.63, 3.8) is 0 Å². The molecule has 1 unspecified atom stereocenters. The highest BCUT2D eigenvalue weighted by molar-refractivity contribution is 5.75. The maximum atomic E-state index is 10.7. The van der Waals surface area contributed by atoms with Gasteiger partial charge in [0.25, 0.3) is 5.91 Å². The van der Waals surface area contributed by atoms with Crippen LogP contribution in [0, 0.1) is 5.92 Å². The molecule has 5 nitrogen and oxygen atoms in total. The van der Waals surface area contributed by atoms with Gasteiger partial charge in [0.15, 0.2) is 6.61 Å². The molecule has 0 radical (unpaired) electrons. The summed E-state index contributed by atoms with van der Waals surface area (Å²) in [4.78, 5) is 12.8. The molecule has 0 fully saturated rings. The van der Waals surface area contributed by atoms with Gasteiger partial charge in [-0.1, -0.05) is 26.0 Å². The van der Waals surface area contributed by atoms with Crippen molar-refractivity contribution in [1.29, 1.82) is 0 Å². The highest BCUT2D eigenvalue weighted by Gasteiger charge is 2.13. The molecule has 1 atom stereocenters. The number of carbonyl (C=O) groups is 1. The second-order valence-electron chi connectivity index (χ2n) is 5.89. The summed E-state index contributed by atoms with van der Waals surface area (Å²) in [7, 11) is 4.17. The van der Waals surface area contributed by atoms with Crippen LogP contribution in [0.15, 0.2) is 24.3 Å². The monoisotopic (exact) mass is 293 g/mol. The van der Waals surface area contributed by atoms with Gasteiger partial charge in [-0.05, 0) is 37.7 Å². The lowest BCUT2D eigenvalue weighted by Gasteiger charge is -2.25. The Bertz CT molecular complexity index is 430. The summed E-state index contributed by atoms with van der Waals surface area (Å²) in [6.07, 6.45) is 0. The molecule has 0 spiro atoms. The lowest BCUT2D eigenvalue weighted by atomic mass is 10.0. The van der Waals surface area contributed by atoms with Gasteiger partial charge in [-0.15, -0.1) is 0 Å². The third-order valence-electron chi connectivity index (χ3n) is 3.24. The molecular formula is C16H27N3O2. The first-order valence-electron chi connectivity index (χ1n) is 7.26. The Morgan fingerprint density at radius 3 is 2.38 bits per heavy atom. The van der Waals surface area contributed by atoms with Crippen molar-refractivity contribution < 1.29 is 9.53 Å². The van der Waals surface area contributed by atoms with Crippen molar-refractivity contribution in [3.8, 4) is 5.75 Å². The molecule has 118 valence electrons. The second kappa shape index (κ2) is 8.64. The van der Waals surface area contributed by atoms with Crippen LogP contribution in [-0.2, 0) is 11.3 Å². The highest BCUT2D eigenvalue weighted by Crippen LogP contribution is 2.12. The molecule has 1 amide bonds. The molecule has 0 heterocycles. The molecule has 1 aromatic carbocycles. The number of nitrogens with one attached hydrogen (secondary N) is 1. The SMILES string of the molecule is CC(C)C(CN(C)C)NCc1ccc(OCC(N)=O)cc1. The number of amides is 1. The Hall–Kier alpha value is -1.59. The average molecular weight is 293 g/mol. The van der Waals surface area contributed by atoms with Crippen molar-refractivity contribution in [2.75, 3.05) is 27.2 Å². The summed E-state index contributed by atoms with van der Waals surface area (Å²) < 4.78 is 5.24. The Kier molecular flexibility index (Phi) is 7.19. The number of likely N-dealkylation sites (N-methyl/N-ethyl adjacent to an activating group) is 1. The smallest absolute Gasteiger partial charge is 0.255 e. The molecule has 5 heteroatoms. The largest absolute Gasteiger partial charge is 0.484 e. The highest BCUT2D eigenvalue weighted by atomic mass is 16.5. The number of nitrogens with zero attached hydrogens (tertiary/aromatic N) is 1. The molecule has 21 heavy (non-hydrogen) atoms. The van der Waals surface area contributed by atoms with E-state index in [0.29, 0.717) is 17.7 Å². The fourth-order valence-corrected chi connectivity index (χ4v) is 2.01. The summed E-state index contributed by atoms with van der Waals surface area (Å²) in [6.45, 7) is 6.18. The number of carbonyl (C=O) groups excluding carboxylic acids is 1. The van der Waals surface area contributed by atoms with Gasteiger partial charge in [-0.2, -0.15) is 0 Å². The molecule has 0 aliphatic carbocycles. The van der Waals surface area contributed by atoms with Gasteiger partial charge in [0.1, 0.15) is 5.75 Å². The Balaban J connectivity index is 2.49. The van der Waals surface area contributed by atoms with E-state index in [0.717, 1.165) is 13.1 Å². The number of ether oxygens (including phenoxy) is 1. The predicted octanol–water partition coefficient (Wildman–Crippen LogP) is 1.23. The molecule has 0 aromatic heterocycles. The zero-order chi connectivity index (χ0) is 15.8. The Morgan fingerprint density at radius 2 is 1.90 bits per heavy atom. The summed E-state index contributed by atoms with van der Waals surface area (Å²) >= 11 is 0. The number of hydrogen-bond donors (Lipinski definition) is 2. The quantitative estimate of drug-likeness (QED) is 0.718. The molecule has 0 bridgehead atoms. The molecule has 0 saturated heterocycles. The van der Waals surface area contributed by atoms with Crippen LogP contribution in [0.25, 0.3) is 0 Å². The van der Waals surface area contributed by atoms with Gasteiger partial charge in [0.2, 0.25) is 0 Å². The fourth-order valence-electron chi connectivity index (χ4n) is 2.01. The fraction of sp³-hybridized carbons (Fsp3) is 0.562. The van der Waals surface area contributed by atoms with Gasteiger partial charge < -0.3 is 20.7 Å². The van der Waals surface area contributed by atoms with E-state index in [9.17, 15) is 4.79 Å². The zero-order valence-electron chi connectivity index (χ0n) is 13.4. The van der Waals surface area contributed by atoms with E-state index in [2.05, 4.69) is 38.2 Å². The number of hydrogen-bond acceptors (Lipinski definition) is 4. The van der Waals surface area contributed by atoms with Gasteiger partial charge in [0, 0.05) is 19.1 Å². The first kappa shape index (κ1) is 17.5. The molecule has 0 aliphatic heterocycles. The van der Waals surface area contributed by atoms with Crippen LogP contribution in [0.2, 0.25) is 0 Å². The minimum absolute atomic E-state index is 0.0874. The lowest BCUT2D eigenvalue weighted by Crippen LogP contribution is -2.41. The van der Waals surface area contributed by atoms with Gasteiger partial charge in [0.05, 0.1) is 0 Å². The number of rotatable bonds is 9. The summed E-state index contributed by atoms with van der Waals surface area (Å²) in [5, 5.41) is 3.58. The normalized spacial score (nSPS) is 12.7. The predicted molar refractivity (Wildman–Crippen MR) is 85.2 cm³/mol. The van der Waals surface area contributed by atoms with E-state index in [4.69, 9.17) is 10.5 Å². The summed E-state index contributed by atoms with van der Waals surface area (Å²) in [6, 6.07) is 8.16. The van der Waals surface area contributed by atoms with E-state index >= 15 is 0 Å². The van der Waals surface area contributed by atoms with Crippen molar-refractivity contribution in [2.24, 2.45) is 11.7 Å². The maximum Gasteiger partial charge on any atom is 0.255 e. The van der Waals surface area contributed by atoms with Gasteiger partial charge in [-0.25, -0.2) is 0 Å². The summed E-state index contributed by atoms with van der Waals surface area (Å²) in [5.74, 6) is 0.765. The molecule has 3 N–H and O–H groups in total. The number of primary amides is 1. The molecule has 1 rings (SSSR count). The third-order valence-corrected chi connectivity index (χ3v) is 3.24. The van der Waals surface area contributed by atoms with Gasteiger partial charge in [-0.3, -0.25) is 4.79 Å². The minimum atomic E-state index is -0.468. The molecule has 0 saturated carbocycles. The van der Waals surface area contributed by atoms with Crippen molar-refractivity contribution in [3.05, 3.63) is 29.8 Å². The number of benzene rings is 1. The van der Waals surface area contributed by atoms with Crippen LogP contribution in [0.4, 0.5) is 0 Å². The van der Waals surface area contributed by atoms with Crippen LogP contribution in [0.3, 0.4) is 0 Å². The molecular weight excluding hydrogens is 266 g/mol. The van der Waals surface area contributed by atoms with Crippen molar-refractivity contribution in [1.82, 2.24) is 10.2 Å². The molecule has 0 aliphatic rings. The van der Waals surface area contributed by atoms with Gasteiger partial charge >= 0.3 is 0 Å². The maximum absolute atomic E-state index is 10.7. The topological polar surface area (TPSA) is 67.6 Å². The van der Waals surface area contributed by atoms with E-state index in [1.54, 1.807) is 0 Å². The van der Waals surface area contributed by atoms with Crippen LogP contribution in [0.1, 0.15) is 19.4 Å². The minimum Gasteiger partial charge on any atom is -0.484 e. The molecule has 1 aromatic rings. The first-order chi connectivity index (χ1) is 9.88. The van der Waals surface area contributed by atoms with E-state index in [1.165, 1.54) is 5.56 Å². The van der Waals surface area contributed by atoms with E-state index < -0.39 is 5.91 Å². The Morgan fingerprint density at radius 1 is 1.29 bits per heavy atom. The van der Waals surface area contributed by atoms with E-state index in [-0.39, 0.29) is 6.61 Å².